The van der Waals surface area contributed by atoms with Gasteiger partial charge in [-0.25, -0.2) is 20.4 Å². The zero-order valence-electron chi connectivity index (χ0n) is 15.1. The second-order valence-corrected chi connectivity index (χ2v) is 5.99. The number of nitrogens with one attached hydrogen (secondary N) is 1. The quantitative estimate of drug-likeness (QED) is 0.447. The van der Waals surface area contributed by atoms with Gasteiger partial charge >= 0.3 is 0 Å². The Kier molecular flexibility index (Phi) is 6.42. The van der Waals surface area contributed by atoms with E-state index in [-0.39, 0.29) is 5.91 Å². The van der Waals surface area contributed by atoms with E-state index in [1.54, 1.807) is 47.6 Å². The van der Waals surface area contributed by atoms with Gasteiger partial charge in [-0.1, -0.05) is 6.07 Å². The summed E-state index contributed by atoms with van der Waals surface area (Å²) in [7, 11) is 0. The van der Waals surface area contributed by atoms with Crippen LogP contribution in [-0.4, -0.2) is 63.1 Å². The van der Waals surface area contributed by atoms with Crippen molar-refractivity contribution in [2.45, 2.75) is 0 Å². The van der Waals surface area contributed by atoms with Gasteiger partial charge in [-0.05, 0) is 30.4 Å². The second kappa shape index (κ2) is 9.38. The summed E-state index contributed by atoms with van der Waals surface area (Å²) in [6.07, 6.45) is 9.17. The molecule has 1 fully saturated rings. The van der Waals surface area contributed by atoms with Crippen LogP contribution in [0.15, 0.2) is 48.8 Å². The number of hydroxylamine groups is 1. The molecular weight excluding hydrogens is 360 g/mol. The first-order valence-corrected chi connectivity index (χ1v) is 8.74. The number of pyridine rings is 1. The van der Waals surface area contributed by atoms with Crippen molar-refractivity contribution >= 4 is 29.9 Å². The molecular formula is C19H20N6O3. The largest absolute Gasteiger partial charge is 0.337 e. The lowest BCUT2D eigenvalue weighted by atomic mass is 10.2. The van der Waals surface area contributed by atoms with Crippen LogP contribution in [0.4, 0.5) is 5.95 Å². The highest BCUT2D eigenvalue weighted by Gasteiger charge is 2.20. The Balaban J connectivity index is 1.56. The summed E-state index contributed by atoms with van der Waals surface area (Å²) in [5, 5.41) is 8.48. The maximum absolute atomic E-state index is 12.4. The number of hydrogen-bond acceptors (Lipinski definition) is 7. The fourth-order valence-electron chi connectivity index (χ4n) is 2.70. The van der Waals surface area contributed by atoms with Crippen molar-refractivity contribution in [3.05, 3.63) is 60.2 Å². The van der Waals surface area contributed by atoms with Gasteiger partial charge in [-0.2, -0.15) is 0 Å². The van der Waals surface area contributed by atoms with Crippen LogP contribution in [-0.2, 0) is 9.59 Å². The SMILES string of the molecule is O=C(C=Cc1cccc(C=CC(=O)N2CCN(c3ncccn3)CC2)n1)NO. The van der Waals surface area contributed by atoms with Gasteiger partial charge in [0.15, 0.2) is 0 Å². The Hall–Kier alpha value is -3.59. The zero-order valence-corrected chi connectivity index (χ0v) is 15.1. The van der Waals surface area contributed by atoms with E-state index in [1.165, 1.54) is 17.6 Å². The number of aromatic nitrogens is 3. The van der Waals surface area contributed by atoms with E-state index in [0.717, 1.165) is 6.08 Å². The molecule has 2 N–H and O–H groups in total. The van der Waals surface area contributed by atoms with E-state index >= 15 is 0 Å². The van der Waals surface area contributed by atoms with Gasteiger partial charge in [-0.15, -0.1) is 0 Å². The standard InChI is InChI=1S/C19H20N6O3/c26-17(23-28)7-5-15-3-1-4-16(22-15)6-8-18(27)24-11-13-25(14-12-24)19-20-9-2-10-21-19/h1-10,28H,11-14H2,(H,23,26). The van der Waals surface area contributed by atoms with Crippen LogP contribution >= 0.6 is 0 Å². The van der Waals surface area contributed by atoms with Crippen LogP contribution in [0, 0.1) is 0 Å². The summed E-state index contributed by atoms with van der Waals surface area (Å²) in [5.41, 5.74) is 2.64. The van der Waals surface area contributed by atoms with Crippen molar-refractivity contribution in [3.8, 4) is 0 Å². The van der Waals surface area contributed by atoms with Crippen molar-refractivity contribution in [2.75, 3.05) is 31.1 Å². The first-order chi connectivity index (χ1) is 13.7. The number of piperazine rings is 1. The van der Waals surface area contributed by atoms with E-state index in [9.17, 15) is 9.59 Å². The van der Waals surface area contributed by atoms with Crippen molar-refractivity contribution in [1.29, 1.82) is 0 Å². The number of anilines is 1. The third-order valence-corrected chi connectivity index (χ3v) is 4.13. The van der Waals surface area contributed by atoms with Gasteiger partial charge in [0.25, 0.3) is 5.91 Å². The molecule has 0 atom stereocenters. The molecule has 3 rings (SSSR count). The Morgan fingerprint density at radius 2 is 1.61 bits per heavy atom. The van der Waals surface area contributed by atoms with E-state index in [4.69, 9.17) is 5.21 Å². The molecule has 3 heterocycles. The third kappa shape index (κ3) is 5.21. The number of nitrogens with zero attached hydrogens (tertiary/aromatic N) is 5. The van der Waals surface area contributed by atoms with Crippen LogP contribution in [0.3, 0.4) is 0 Å². The fourth-order valence-corrected chi connectivity index (χ4v) is 2.70. The highest BCUT2D eigenvalue weighted by atomic mass is 16.5. The third-order valence-electron chi connectivity index (χ3n) is 4.13. The Morgan fingerprint density at radius 1 is 0.964 bits per heavy atom. The topological polar surface area (TPSA) is 112 Å². The Morgan fingerprint density at radius 3 is 2.25 bits per heavy atom. The first-order valence-electron chi connectivity index (χ1n) is 8.74. The van der Waals surface area contributed by atoms with Crippen LogP contribution < -0.4 is 10.4 Å². The number of hydrogen-bond donors (Lipinski definition) is 2. The van der Waals surface area contributed by atoms with Gasteiger partial charge in [0.05, 0.1) is 11.4 Å². The summed E-state index contributed by atoms with van der Waals surface area (Å²) in [4.78, 5) is 40.0. The molecule has 0 radical (unpaired) electrons. The lowest BCUT2D eigenvalue weighted by molar-refractivity contribution is -0.126. The number of rotatable bonds is 5. The smallest absolute Gasteiger partial charge is 0.267 e. The monoisotopic (exact) mass is 380 g/mol. The first kappa shape index (κ1) is 19.2. The number of amides is 2. The van der Waals surface area contributed by atoms with E-state index < -0.39 is 5.91 Å². The minimum Gasteiger partial charge on any atom is -0.337 e. The molecule has 2 amide bonds. The van der Waals surface area contributed by atoms with Crippen LogP contribution in [0.1, 0.15) is 11.4 Å². The molecule has 0 aliphatic carbocycles. The fraction of sp³-hybridized carbons (Fsp3) is 0.211. The predicted molar refractivity (Wildman–Crippen MR) is 103 cm³/mol. The summed E-state index contributed by atoms with van der Waals surface area (Å²) < 4.78 is 0. The molecule has 2 aromatic rings. The second-order valence-electron chi connectivity index (χ2n) is 5.99. The minimum absolute atomic E-state index is 0.0870. The molecule has 0 bridgehead atoms. The molecule has 28 heavy (non-hydrogen) atoms. The number of carbonyl (C=O) groups excluding carboxylic acids is 2. The molecule has 0 aromatic carbocycles. The minimum atomic E-state index is -0.641. The van der Waals surface area contributed by atoms with Gasteiger partial charge in [0.1, 0.15) is 0 Å². The summed E-state index contributed by atoms with van der Waals surface area (Å²) >= 11 is 0. The van der Waals surface area contributed by atoms with E-state index in [0.29, 0.717) is 43.5 Å². The van der Waals surface area contributed by atoms with Gasteiger partial charge in [-0.3, -0.25) is 14.8 Å². The average Bonchev–Trinajstić information content (AvgIpc) is 2.76. The zero-order chi connectivity index (χ0) is 19.8. The molecule has 9 nitrogen and oxygen atoms in total. The van der Waals surface area contributed by atoms with Crippen LogP contribution in [0.5, 0.6) is 0 Å². The molecule has 0 spiro atoms. The van der Waals surface area contributed by atoms with Gasteiger partial charge in [0.2, 0.25) is 11.9 Å². The molecule has 0 unspecified atom stereocenters. The molecule has 9 heteroatoms. The average molecular weight is 380 g/mol. The lowest BCUT2D eigenvalue weighted by Gasteiger charge is -2.34. The Labute approximate surface area is 162 Å². The summed E-state index contributed by atoms with van der Waals surface area (Å²) in [6.45, 7) is 2.53. The van der Waals surface area contributed by atoms with Crippen LogP contribution in [0.2, 0.25) is 0 Å². The molecule has 1 aliphatic rings. The highest BCUT2D eigenvalue weighted by Crippen LogP contribution is 2.10. The van der Waals surface area contributed by atoms with Crippen molar-refractivity contribution < 1.29 is 14.8 Å². The lowest BCUT2D eigenvalue weighted by Crippen LogP contribution is -2.48. The number of carbonyl (C=O) groups is 2. The summed E-state index contributed by atoms with van der Waals surface area (Å²) in [6, 6.07) is 7.02. The van der Waals surface area contributed by atoms with Crippen molar-refractivity contribution in [1.82, 2.24) is 25.3 Å². The molecule has 144 valence electrons. The summed E-state index contributed by atoms with van der Waals surface area (Å²) in [5.74, 6) is -0.0527. The highest BCUT2D eigenvalue weighted by molar-refractivity contribution is 5.92. The normalized spacial score (nSPS) is 14.6. The molecule has 1 aliphatic heterocycles. The van der Waals surface area contributed by atoms with Crippen LogP contribution in [0.25, 0.3) is 12.2 Å². The molecule has 1 saturated heterocycles. The van der Waals surface area contributed by atoms with E-state index in [2.05, 4.69) is 15.0 Å². The maximum Gasteiger partial charge on any atom is 0.267 e. The van der Waals surface area contributed by atoms with Crippen molar-refractivity contribution in [3.63, 3.8) is 0 Å². The van der Waals surface area contributed by atoms with Crippen molar-refractivity contribution in [2.24, 2.45) is 0 Å². The van der Waals surface area contributed by atoms with E-state index in [1.807, 2.05) is 4.90 Å². The van der Waals surface area contributed by atoms with Gasteiger partial charge in [0, 0.05) is 50.7 Å². The van der Waals surface area contributed by atoms with Gasteiger partial charge < -0.3 is 9.80 Å². The maximum atomic E-state index is 12.4. The molecule has 0 saturated carbocycles. The Bertz CT molecular complexity index is 876. The predicted octanol–water partition coefficient (Wildman–Crippen LogP) is 0.752. The molecule has 2 aromatic heterocycles.